The van der Waals surface area contributed by atoms with E-state index in [9.17, 15) is 22.8 Å². The van der Waals surface area contributed by atoms with E-state index in [2.05, 4.69) is 5.32 Å². The molecule has 35 heavy (non-hydrogen) atoms. The van der Waals surface area contributed by atoms with Gasteiger partial charge in [0.2, 0.25) is 0 Å². The van der Waals surface area contributed by atoms with Gasteiger partial charge in [0.1, 0.15) is 11.5 Å². The lowest BCUT2D eigenvalue weighted by Gasteiger charge is -2.17. The third-order valence-electron chi connectivity index (χ3n) is 5.66. The first-order valence-electron chi connectivity index (χ1n) is 11.0. The van der Waals surface area contributed by atoms with E-state index < -0.39 is 29.7 Å². The zero-order chi connectivity index (χ0) is 25.8. The largest absolute Gasteiger partial charge is 0.481 e. The smallest absolute Gasteiger partial charge is 0.416 e. The second-order valence-electron chi connectivity index (χ2n) is 8.38. The van der Waals surface area contributed by atoms with Crippen LogP contribution >= 0.6 is 0 Å². The molecule has 0 fully saturated rings. The maximum absolute atomic E-state index is 12.9. The van der Waals surface area contributed by atoms with E-state index in [1.165, 1.54) is 13.0 Å². The maximum Gasteiger partial charge on any atom is 0.416 e. The lowest BCUT2D eigenvalue weighted by atomic mass is 10.0. The molecule has 3 aromatic carbocycles. The normalized spacial score (nSPS) is 12.2. The number of carboxylic acid groups (broad SMARTS) is 1. The average Bonchev–Trinajstić information content (AvgIpc) is 2.77. The van der Waals surface area contributed by atoms with Gasteiger partial charge in [-0.2, -0.15) is 13.2 Å². The molecule has 1 atom stereocenters. The van der Waals surface area contributed by atoms with E-state index in [-0.39, 0.29) is 17.5 Å². The zero-order valence-corrected chi connectivity index (χ0v) is 19.6. The van der Waals surface area contributed by atoms with Gasteiger partial charge in [-0.3, -0.25) is 9.59 Å². The fourth-order valence-corrected chi connectivity index (χ4v) is 3.69. The summed E-state index contributed by atoms with van der Waals surface area (Å²) in [7, 11) is 0. The molecular formula is C27H26F3NO4. The van der Waals surface area contributed by atoms with Gasteiger partial charge in [-0.25, -0.2) is 0 Å². The van der Waals surface area contributed by atoms with E-state index in [1.54, 1.807) is 31.2 Å². The molecule has 0 aliphatic heterocycles. The summed E-state index contributed by atoms with van der Waals surface area (Å²) in [6.45, 7) is 5.14. The number of benzene rings is 3. The molecule has 184 valence electrons. The van der Waals surface area contributed by atoms with E-state index in [4.69, 9.17) is 9.84 Å². The molecule has 2 N–H and O–H groups in total. The number of halogens is 3. The lowest BCUT2D eigenvalue weighted by molar-refractivity contribution is -0.138. The maximum atomic E-state index is 12.9. The molecule has 1 amide bonds. The van der Waals surface area contributed by atoms with Crippen LogP contribution in [-0.4, -0.2) is 17.0 Å². The Morgan fingerprint density at radius 2 is 1.69 bits per heavy atom. The first-order valence-corrected chi connectivity index (χ1v) is 11.0. The second kappa shape index (κ2) is 10.6. The topological polar surface area (TPSA) is 75.6 Å². The molecule has 3 aromatic rings. The van der Waals surface area contributed by atoms with Crippen molar-refractivity contribution in [3.05, 3.63) is 94.0 Å². The van der Waals surface area contributed by atoms with Crippen LogP contribution in [0.15, 0.2) is 60.7 Å². The first-order chi connectivity index (χ1) is 16.4. The van der Waals surface area contributed by atoms with Gasteiger partial charge < -0.3 is 15.2 Å². The van der Waals surface area contributed by atoms with Crippen LogP contribution in [0.3, 0.4) is 0 Å². The van der Waals surface area contributed by atoms with Crippen molar-refractivity contribution in [2.75, 3.05) is 0 Å². The predicted molar refractivity (Wildman–Crippen MR) is 126 cm³/mol. The number of ether oxygens (including phenoxy) is 1. The summed E-state index contributed by atoms with van der Waals surface area (Å²) < 4.78 is 44.6. The predicted octanol–water partition coefficient (Wildman–Crippen LogP) is 6.62. The molecule has 0 saturated carbocycles. The molecule has 0 spiro atoms. The van der Waals surface area contributed by atoms with Crippen LogP contribution in [-0.2, 0) is 17.4 Å². The van der Waals surface area contributed by atoms with Crippen LogP contribution < -0.4 is 10.1 Å². The second-order valence-corrected chi connectivity index (χ2v) is 8.38. The van der Waals surface area contributed by atoms with Gasteiger partial charge in [-0.05, 0) is 91.9 Å². The van der Waals surface area contributed by atoms with Crippen molar-refractivity contribution in [2.45, 2.75) is 45.8 Å². The van der Waals surface area contributed by atoms with Crippen LogP contribution in [0.4, 0.5) is 13.2 Å². The van der Waals surface area contributed by atoms with Gasteiger partial charge in [0.05, 0.1) is 11.6 Å². The van der Waals surface area contributed by atoms with Gasteiger partial charge in [-0.15, -0.1) is 0 Å². The minimum atomic E-state index is -4.47. The number of alkyl halides is 3. The number of rotatable bonds is 8. The minimum Gasteiger partial charge on any atom is -0.481 e. The van der Waals surface area contributed by atoms with E-state index in [0.717, 1.165) is 28.8 Å². The molecule has 0 aliphatic rings. The van der Waals surface area contributed by atoms with Crippen molar-refractivity contribution in [1.29, 1.82) is 0 Å². The summed E-state index contributed by atoms with van der Waals surface area (Å²) in [6, 6.07) is 15.2. The van der Waals surface area contributed by atoms with Gasteiger partial charge >= 0.3 is 12.1 Å². The fraction of sp³-hybridized carbons (Fsp3) is 0.259. The van der Waals surface area contributed by atoms with Crippen LogP contribution in [0.25, 0.3) is 0 Å². The molecule has 3 rings (SSSR count). The number of amides is 1. The van der Waals surface area contributed by atoms with Crippen LogP contribution in [0, 0.1) is 13.8 Å². The summed E-state index contributed by atoms with van der Waals surface area (Å²) in [6.07, 6.45) is -3.98. The quantitative estimate of drug-likeness (QED) is 0.376. The highest BCUT2D eigenvalue weighted by Crippen LogP contribution is 2.31. The van der Waals surface area contributed by atoms with E-state index in [1.807, 2.05) is 25.1 Å². The van der Waals surface area contributed by atoms with Crippen molar-refractivity contribution >= 4 is 11.9 Å². The van der Waals surface area contributed by atoms with Crippen LogP contribution in [0.2, 0.25) is 0 Å². The fourth-order valence-electron chi connectivity index (χ4n) is 3.69. The molecule has 8 heteroatoms. The average molecular weight is 486 g/mol. The van der Waals surface area contributed by atoms with E-state index in [0.29, 0.717) is 17.9 Å². The molecule has 0 heterocycles. The Kier molecular flexibility index (Phi) is 7.84. The molecule has 0 bridgehead atoms. The summed E-state index contributed by atoms with van der Waals surface area (Å²) in [5, 5.41) is 11.7. The van der Waals surface area contributed by atoms with Crippen molar-refractivity contribution in [1.82, 2.24) is 5.32 Å². The molecule has 0 aliphatic carbocycles. The van der Waals surface area contributed by atoms with Gasteiger partial charge in [0.15, 0.2) is 0 Å². The molecule has 0 saturated heterocycles. The Hall–Kier alpha value is -3.81. The van der Waals surface area contributed by atoms with Crippen molar-refractivity contribution in [3.8, 4) is 11.5 Å². The highest BCUT2D eigenvalue weighted by molar-refractivity contribution is 5.96. The van der Waals surface area contributed by atoms with Gasteiger partial charge in [-0.1, -0.05) is 18.2 Å². The van der Waals surface area contributed by atoms with Gasteiger partial charge in [0.25, 0.3) is 5.91 Å². The Morgan fingerprint density at radius 1 is 0.971 bits per heavy atom. The minimum absolute atomic E-state index is 0.0543. The number of hydrogen-bond donors (Lipinski definition) is 2. The lowest BCUT2D eigenvalue weighted by Crippen LogP contribution is -2.27. The SMILES string of the molecule is Cc1cc(Oc2cccc([C@@H](C)NC(=O)c3ccc(C(F)(F)F)cc3C)c2)ccc1CCC(=O)O. The first kappa shape index (κ1) is 25.8. The Balaban J connectivity index is 1.69. The standard InChI is InChI=1S/C27H26F3NO4/c1-16-14-23(10-7-19(16)8-12-25(32)33)35-22-6-4-5-20(15-22)18(3)31-26(34)24-11-9-21(13-17(24)2)27(28,29)30/h4-7,9-11,13-15,18H,8,12H2,1-3H3,(H,31,34)(H,32,33)/t18-/m1/s1. The van der Waals surface area contributed by atoms with Gasteiger partial charge in [0, 0.05) is 12.0 Å². The Bertz CT molecular complexity index is 1240. The number of aliphatic carboxylic acids is 1. The third kappa shape index (κ3) is 6.85. The van der Waals surface area contributed by atoms with Crippen LogP contribution in [0.5, 0.6) is 11.5 Å². The summed E-state index contributed by atoms with van der Waals surface area (Å²) in [5.74, 6) is -0.179. The Morgan fingerprint density at radius 3 is 2.31 bits per heavy atom. The number of carbonyl (C=O) groups excluding carboxylic acids is 1. The molecule has 0 unspecified atom stereocenters. The molecule has 0 radical (unpaired) electrons. The number of carboxylic acids is 1. The highest BCUT2D eigenvalue weighted by Gasteiger charge is 2.31. The number of aryl methyl sites for hydroxylation is 3. The number of hydrogen-bond acceptors (Lipinski definition) is 3. The molecule has 0 aromatic heterocycles. The third-order valence-corrected chi connectivity index (χ3v) is 5.66. The summed E-state index contributed by atoms with van der Waals surface area (Å²) >= 11 is 0. The Labute approximate surface area is 201 Å². The monoisotopic (exact) mass is 485 g/mol. The molecule has 5 nitrogen and oxygen atoms in total. The van der Waals surface area contributed by atoms with Crippen molar-refractivity contribution in [3.63, 3.8) is 0 Å². The molecular weight excluding hydrogens is 459 g/mol. The number of carbonyl (C=O) groups is 2. The number of nitrogens with one attached hydrogen (secondary N) is 1. The van der Waals surface area contributed by atoms with E-state index >= 15 is 0 Å². The van der Waals surface area contributed by atoms with Crippen molar-refractivity contribution < 1.29 is 32.6 Å². The summed E-state index contributed by atoms with van der Waals surface area (Å²) in [4.78, 5) is 23.5. The highest BCUT2D eigenvalue weighted by atomic mass is 19.4. The zero-order valence-electron chi connectivity index (χ0n) is 19.6. The van der Waals surface area contributed by atoms with Crippen molar-refractivity contribution in [2.24, 2.45) is 0 Å². The van der Waals surface area contributed by atoms with Crippen LogP contribution in [0.1, 0.15) is 57.6 Å². The summed E-state index contributed by atoms with van der Waals surface area (Å²) in [5.41, 5.74) is 2.24.